The van der Waals surface area contributed by atoms with Crippen molar-refractivity contribution in [3.63, 3.8) is 0 Å². The Kier molecular flexibility index (Phi) is 9.51. The quantitative estimate of drug-likeness (QED) is 0.162. The highest BCUT2D eigenvalue weighted by Crippen LogP contribution is 2.53. The Morgan fingerprint density at radius 3 is 2.48 bits per heavy atom. The van der Waals surface area contributed by atoms with Crippen molar-refractivity contribution in [3.05, 3.63) is 78.5 Å². The largest absolute Gasteiger partial charge is 0.493 e. The van der Waals surface area contributed by atoms with Gasteiger partial charge in [-0.3, -0.25) is 14.7 Å². The first-order valence-corrected chi connectivity index (χ1v) is 15.5. The molecule has 6 rings (SSSR count). The fourth-order valence-corrected chi connectivity index (χ4v) is 5.78. The van der Waals surface area contributed by atoms with Gasteiger partial charge in [0.05, 0.1) is 37.9 Å². The van der Waals surface area contributed by atoms with Crippen LogP contribution in [0.15, 0.2) is 66.9 Å². The number of morpholine rings is 1. The van der Waals surface area contributed by atoms with Crippen LogP contribution in [0.2, 0.25) is 0 Å². The number of carbonyl (C=O) groups excluding carboxylic acids is 1. The van der Waals surface area contributed by atoms with Gasteiger partial charge in [0.2, 0.25) is 5.91 Å². The van der Waals surface area contributed by atoms with E-state index in [0.29, 0.717) is 59.1 Å². The third kappa shape index (κ3) is 7.16. The van der Waals surface area contributed by atoms with Crippen LogP contribution in [0.1, 0.15) is 19.8 Å². The zero-order valence-electron chi connectivity index (χ0n) is 26.0. The molecule has 2 fully saturated rings. The summed E-state index contributed by atoms with van der Waals surface area (Å²) >= 11 is 0. The van der Waals surface area contributed by atoms with Gasteiger partial charge in [0.15, 0.2) is 23.1 Å². The third-order valence-electron chi connectivity index (χ3n) is 8.73. The second-order valence-corrected chi connectivity index (χ2v) is 11.8. The molecule has 0 spiro atoms. The fourth-order valence-electron chi connectivity index (χ4n) is 5.78. The van der Waals surface area contributed by atoms with E-state index in [1.54, 1.807) is 43.6 Å². The van der Waals surface area contributed by atoms with Gasteiger partial charge in [0.25, 0.3) is 0 Å². The van der Waals surface area contributed by atoms with E-state index < -0.39 is 11.2 Å². The van der Waals surface area contributed by atoms with E-state index in [4.69, 9.17) is 18.9 Å². The molecule has 4 aromatic rings. The fraction of sp³-hybridized carbons (Fsp3) is 0.371. The number of anilines is 2. The molecule has 1 amide bonds. The lowest BCUT2D eigenvalue weighted by Crippen LogP contribution is -2.37. The second kappa shape index (κ2) is 13.9. The van der Waals surface area contributed by atoms with Crippen molar-refractivity contribution in [2.45, 2.75) is 19.8 Å². The van der Waals surface area contributed by atoms with Crippen molar-refractivity contribution in [3.8, 4) is 23.0 Å². The van der Waals surface area contributed by atoms with Crippen molar-refractivity contribution in [2.24, 2.45) is 11.3 Å². The number of ether oxygens (including phenoxy) is 4. The van der Waals surface area contributed by atoms with Crippen molar-refractivity contribution < 1.29 is 32.5 Å². The number of carbonyl (C=O) groups is 1. The molecule has 1 saturated carbocycles. The van der Waals surface area contributed by atoms with Crippen LogP contribution in [0.4, 0.5) is 20.2 Å². The Hall–Kier alpha value is -4.48. The maximum atomic E-state index is 15.3. The maximum Gasteiger partial charge on any atom is 0.232 e. The van der Waals surface area contributed by atoms with Gasteiger partial charge >= 0.3 is 0 Å². The second-order valence-electron chi connectivity index (χ2n) is 11.8. The van der Waals surface area contributed by atoms with Crippen LogP contribution in [0, 0.1) is 23.0 Å². The number of halogens is 2. The van der Waals surface area contributed by atoms with E-state index in [1.165, 1.54) is 30.3 Å². The standard InChI is InChI=1S/C35H38F2N4O5/c1-23-21-35(23,34(42)40-25-6-4-24(36)5-7-25)22-39-26-8-9-31(28(37)18-26)46-30-10-11-38-29-20-33(32(43-2)19-27(29)30)45-15-3-12-41-13-16-44-17-14-41/h4-11,18-20,23,39H,3,12-17,21-22H2,1-2H3,(H,40,42)/t23-,35+/m1/s1. The molecule has 1 aliphatic carbocycles. The molecule has 2 aliphatic rings. The van der Waals surface area contributed by atoms with Gasteiger partial charge in [-0.2, -0.15) is 0 Å². The number of benzene rings is 3. The molecular weight excluding hydrogens is 594 g/mol. The SMILES string of the molecule is COc1cc2c(Oc3ccc(NC[C@@]4(C(=O)Nc5ccc(F)cc5)C[C@H]4C)cc3F)ccnc2cc1OCCCN1CCOCC1. The van der Waals surface area contributed by atoms with Crippen molar-refractivity contribution in [1.29, 1.82) is 0 Å². The monoisotopic (exact) mass is 632 g/mol. The lowest BCUT2D eigenvalue weighted by molar-refractivity contribution is -0.121. The molecule has 1 saturated heterocycles. The summed E-state index contributed by atoms with van der Waals surface area (Å²) in [5.74, 6) is 0.642. The minimum atomic E-state index is -0.639. The summed E-state index contributed by atoms with van der Waals surface area (Å²) < 4.78 is 51.6. The van der Waals surface area contributed by atoms with E-state index >= 15 is 4.39 Å². The third-order valence-corrected chi connectivity index (χ3v) is 8.73. The molecule has 2 atom stereocenters. The van der Waals surface area contributed by atoms with E-state index in [9.17, 15) is 9.18 Å². The highest BCUT2D eigenvalue weighted by atomic mass is 19.1. The molecule has 2 N–H and O–H groups in total. The van der Waals surface area contributed by atoms with Gasteiger partial charge in [-0.25, -0.2) is 8.78 Å². The van der Waals surface area contributed by atoms with E-state index in [2.05, 4.69) is 20.5 Å². The van der Waals surface area contributed by atoms with Gasteiger partial charge < -0.3 is 29.6 Å². The first-order chi connectivity index (χ1) is 22.3. The molecule has 1 aliphatic heterocycles. The molecule has 46 heavy (non-hydrogen) atoms. The molecule has 0 bridgehead atoms. The maximum absolute atomic E-state index is 15.3. The first kappa shape index (κ1) is 31.5. The summed E-state index contributed by atoms with van der Waals surface area (Å²) in [6.07, 6.45) is 3.16. The number of nitrogens with zero attached hydrogens (tertiary/aromatic N) is 2. The number of amides is 1. The summed E-state index contributed by atoms with van der Waals surface area (Å²) in [5.41, 5.74) is 1.04. The Balaban J connectivity index is 1.09. The summed E-state index contributed by atoms with van der Waals surface area (Å²) in [6.45, 7) is 7.19. The Morgan fingerprint density at radius 2 is 1.76 bits per heavy atom. The number of pyridine rings is 1. The lowest BCUT2D eigenvalue weighted by atomic mass is 10.0. The molecule has 3 aromatic carbocycles. The lowest BCUT2D eigenvalue weighted by Gasteiger charge is -2.26. The minimum absolute atomic E-state index is 0.0454. The number of aromatic nitrogens is 1. The number of methoxy groups -OCH3 is 1. The number of rotatable bonds is 13. The average Bonchev–Trinajstić information content (AvgIpc) is 3.74. The van der Waals surface area contributed by atoms with Crippen LogP contribution >= 0.6 is 0 Å². The minimum Gasteiger partial charge on any atom is -0.493 e. The Morgan fingerprint density at radius 1 is 1.00 bits per heavy atom. The first-order valence-electron chi connectivity index (χ1n) is 15.5. The summed E-state index contributed by atoms with van der Waals surface area (Å²) in [5, 5.41) is 6.73. The van der Waals surface area contributed by atoms with Gasteiger partial charge in [-0.05, 0) is 67.3 Å². The van der Waals surface area contributed by atoms with E-state index in [0.717, 1.165) is 39.3 Å². The average molecular weight is 633 g/mol. The molecular formula is C35H38F2N4O5. The summed E-state index contributed by atoms with van der Waals surface area (Å²) in [4.78, 5) is 19.9. The highest BCUT2D eigenvalue weighted by molar-refractivity contribution is 5.98. The molecule has 2 heterocycles. The zero-order chi connectivity index (χ0) is 32.1. The van der Waals surface area contributed by atoms with Gasteiger partial charge in [-0.15, -0.1) is 0 Å². The van der Waals surface area contributed by atoms with Crippen LogP contribution in [-0.2, 0) is 9.53 Å². The smallest absolute Gasteiger partial charge is 0.232 e. The Labute approximate surface area is 266 Å². The van der Waals surface area contributed by atoms with Crippen molar-refractivity contribution in [2.75, 3.05) is 63.7 Å². The van der Waals surface area contributed by atoms with E-state index in [-0.39, 0.29) is 23.4 Å². The normalized spacial score (nSPS) is 19.4. The number of nitrogens with one attached hydrogen (secondary N) is 2. The van der Waals surface area contributed by atoms with Crippen molar-refractivity contribution >= 4 is 28.2 Å². The Bertz CT molecular complexity index is 1680. The van der Waals surface area contributed by atoms with Crippen LogP contribution in [0.3, 0.4) is 0 Å². The number of fused-ring (bicyclic) bond motifs is 1. The van der Waals surface area contributed by atoms with Gasteiger partial charge in [0, 0.05) is 61.3 Å². The zero-order valence-corrected chi connectivity index (χ0v) is 26.0. The van der Waals surface area contributed by atoms with Crippen LogP contribution in [0.5, 0.6) is 23.0 Å². The molecule has 0 unspecified atom stereocenters. The summed E-state index contributed by atoms with van der Waals surface area (Å²) in [6, 6.07) is 15.5. The van der Waals surface area contributed by atoms with Crippen molar-refractivity contribution in [1.82, 2.24) is 9.88 Å². The predicted molar refractivity (Wildman–Crippen MR) is 172 cm³/mol. The van der Waals surface area contributed by atoms with Crippen LogP contribution in [0.25, 0.3) is 10.9 Å². The summed E-state index contributed by atoms with van der Waals surface area (Å²) in [7, 11) is 1.57. The number of hydrogen-bond acceptors (Lipinski definition) is 8. The van der Waals surface area contributed by atoms with Crippen LogP contribution < -0.4 is 24.8 Å². The molecule has 242 valence electrons. The molecule has 9 nitrogen and oxygen atoms in total. The molecule has 11 heteroatoms. The molecule has 0 radical (unpaired) electrons. The topological polar surface area (TPSA) is 94.2 Å². The van der Waals surface area contributed by atoms with Crippen LogP contribution in [-0.4, -0.2) is 68.9 Å². The van der Waals surface area contributed by atoms with Gasteiger partial charge in [-0.1, -0.05) is 6.92 Å². The van der Waals surface area contributed by atoms with Gasteiger partial charge in [0.1, 0.15) is 11.6 Å². The highest BCUT2D eigenvalue weighted by Gasteiger charge is 2.57. The number of hydrogen-bond donors (Lipinski definition) is 2. The van der Waals surface area contributed by atoms with E-state index in [1.807, 2.05) is 6.92 Å². The molecule has 1 aromatic heterocycles. The predicted octanol–water partition coefficient (Wildman–Crippen LogP) is 6.49.